The molecule has 5 nitrogen and oxygen atoms in total. The van der Waals surface area contributed by atoms with Gasteiger partial charge in [-0.05, 0) is 37.8 Å². The van der Waals surface area contributed by atoms with Crippen LogP contribution in [0.3, 0.4) is 0 Å². The average Bonchev–Trinajstić information content (AvgIpc) is 2.68. The van der Waals surface area contributed by atoms with Crippen molar-refractivity contribution in [1.82, 2.24) is 10.2 Å². The van der Waals surface area contributed by atoms with Gasteiger partial charge in [-0.25, -0.2) is 4.79 Å². The Bertz CT molecular complexity index is 622. The molecular weight excluding hydrogens is 280 g/mol. The number of benzene rings is 1. The number of ketones is 1. The first kappa shape index (κ1) is 16.2. The Balaban J connectivity index is 2.13. The van der Waals surface area contributed by atoms with Gasteiger partial charge in [0.05, 0.1) is 6.54 Å². The summed E-state index contributed by atoms with van der Waals surface area (Å²) in [6.45, 7) is 7.53. The SMILES string of the molecule is Cc1ccc(C)c(C(=O)CN2C(=O)NC(CC(C)C)C2=O)c1. The van der Waals surface area contributed by atoms with Crippen molar-refractivity contribution in [3.8, 4) is 0 Å². The van der Waals surface area contributed by atoms with Gasteiger partial charge in [-0.3, -0.25) is 14.5 Å². The van der Waals surface area contributed by atoms with Crippen molar-refractivity contribution in [3.05, 3.63) is 34.9 Å². The fourth-order valence-electron chi connectivity index (χ4n) is 2.62. The van der Waals surface area contributed by atoms with Crippen molar-refractivity contribution in [2.24, 2.45) is 5.92 Å². The van der Waals surface area contributed by atoms with E-state index in [0.717, 1.165) is 16.0 Å². The lowest BCUT2D eigenvalue weighted by Crippen LogP contribution is -2.36. The zero-order valence-corrected chi connectivity index (χ0v) is 13.5. The van der Waals surface area contributed by atoms with Crippen LogP contribution < -0.4 is 5.32 Å². The summed E-state index contributed by atoms with van der Waals surface area (Å²) >= 11 is 0. The van der Waals surface area contributed by atoms with Crippen LogP contribution in [-0.4, -0.2) is 35.2 Å². The number of amides is 3. The highest BCUT2D eigenvalue weighted by molar-refractivity contribution is 6.09. The number of carbonyl (C=O) groups is 3. The number of rotatable bonds is 5. The van der Waals surface area contributed by atoms with Gasteiger partial charge in [0.25, 0.3) is 5.91 Å². The predicted molar refractivity (Wildman–Crippen MR) is 83.7 cm³/mol. The minimum absolute atomic E-state index is 0.205. The second-order valence-corrected chi connectivity index (χ2v) is 6.30. The molecule has 1 heterocycles. The molecule has 1 saturated heterocycles. The molecule has 0 saturated carbocycles. The third kappa shape index (κ3) is 3.35. The third-order valence-electron chi connectivity index (χ3n) is 3.81. The molecule has 0 spiro atoms. The maximum Gasteiger partial charge on any atom is 0.325 e. The first-order valence-corrected chi connectivity index (χ1v) is 7.52. The van der Waals surface area contributed by atoms with E-state index in [1.807, 2.05) is 39.8 Å². The highest BCUT2D eigenvalue weighted by Crippen LogP contribution is 2.17. The van der Waals surface area contributed by atoms with Crippen molar-refractivity contribution in [3.63, 3.8) is 0 Å². The van der Waals surface area contributed by atoms with E-state index in [2.05, 4.69) is 5.32 Å². The number of nitrogens with one attached hydrogen (secondary N) is 1. The molecule has 5 heteroatoms. The van der Waals surface area contributed by atoms with E-state index < -0.39 is 12.1 Å². The largest absolute Gasteiger partial charge is 0.326 e. The maximum atomic E-state index is 12.4. The van der Waals surface area contributed by atoms with E-state index in [0.29, 0.717) is 17.9 Å². The van der Waals surface area contributed by atoms with E-state index in [9.17, 15) is 14.4 Å². The Morgan fingerprint density at radius 2 is 1.95 bits per heavy atom. The Labute approximate surface area is 130 Å². The van der Waals surface area contributed by atoms with Crippen LogP contribution >= 0.6 is 0 Å². The lowest BCUT2D eigenvalue weighted by molar-refractivity contribution is -0.127. The molecule has 1 fully saturated rings. The summed E-state index contributed by atoms with van der Waals surface area (Å²) in [5, 5.41) is 2.65. The van der Waals surface area contributed by atoms with E-state index in [4.69, 9.17) is 0 Å². The number of imide groups is 1. The number of nitrogens with zero attached hydrogens (tertiary/aromatic N) is 1. The number of urea groups is 1. The predicted octanol–water partition coefficient (Wildman–Crippen LogP) is 2.45. The Kier molecular flexibility index (Phi) is 4.64. The van der Waals surface area contributed by atoms with E-state index >= 15 is 0 Å². The van der Waals surface area contributed by atoms with Crippen LogP contribution in [0.4, 0.5) is 4.79 Å². The summed E-state index contributed by atoms with van der Waals surface area (Å²) in [4.78, 5) is 37.6. The second kappa shape index (κ2) is 6.30. The molecular formula is C17H22N2O3. The quantitative estimate of drug-likeness (QED) is 0.671. The van der Waals surface area contributed by atoms with Crippen molar-refractivity contribution < 1.29 is 14.4 Å². The van der Waals surface area contributed by atoms with Gasteiger partial charge in [0.15, 0.2) is 5.78 Å². The highest BCUT2D eigenvalue weighted by atomic mass is 16.2. The van der Waals surface area contributed by atoms with Crippen LogP contribution in [0.5, 0.6) is 0 Å². The van der Waals surface area contributed by atoms with Crippen molar-refractivity contribution in [2.75, 3.05) is 6.54 Å². The molecule has 1 aliphatic heterocycles. The summed E-state index contributed by atoms with van der Waals surface area (Å²) in [6, 6.07) is 4.60. The molecule has 118 valence electrons. The van der Waals surface area contributed by atoms with E-state index in [-0.39, 0.29) is 18.2 Å². The van der Waals surface area contributed by atoms with Gasteiger partial charge in [-0.1, -0.05) is 31.5 Å². The number of hydrogen-bond acceptors (Lipinski definition) is 3. The van der Waals surface area contributed by atoms with Crippen LogP contribution in [0.2, 0.25) is 0 Å². The Morgan fingerprint density at radius 1 is 1.27 bits per heavy atom. The molecule has 1 aromatic carbocycles. The van der Waals surface area contributed by atoms with Gasteiger partial charge >= 0.3 is 6.03 Å². The van der Waals surface area contributed by atoms with Crippen molar-refractivity contribution >= 4 is 17.7 Å². The van der Waals surface area contributed by atoms with Crippen LogP contribution in [0.1, 0.15) is 41.8 Å². The maximum absolute atomic E-state index is 12.4. The van der Waals surface area contributed by atoms with Crippen LogP contribution in [0.15, 0.2) is 18.2 Å². The number of Topliss-reactive ketones (excluding diaryl/α,β-unsaturated/α-hetero) is 1. The zero-order chi connectivity index (χ0) is 16.4. The summed E-state index contributed by atoms with van der Waals surface area (Å²) in [5.74, 6) is -0.226. The molecule has 1 N–H and O–H groups in total. The smallest absolute Gasteiger partial charge is 0.325 e. The van der Waals surface area contributed by atoms with Gasteiger partial charge < -0.3 is 5.32 Å². The van der Waals surface area contributed by atoms with Gasteiger partial charge in [0.1, 0.15) is 6.04 Å². The van der Waals surface area contributed by atoms with E-state index in [1.165, 1.54) is 0 Å². The minimum Gasteiger partial charge on any atom is -0.326 e. The Morgan fingerprint density at radius 3 is 2.59 bits per heavy atom. The monoisotopic (exact) mass is 302 g/mol. The fourth-order valence-corrected chi connectivity index (χ4v) is 2.62. The topological polar surface area (TPSA) is 66.5 Å². The number of hydrogen-bond donors (Lipinski definition) is 1. The fraction of sp³-hybridized carbons (Fsp3) is 0.471. The molecule has 0 radical (unpaired) electrons. The lowest BCUT2D eigenvalue weighted by atomic mass is 10.0. The van der Waals surface area contributed by atoms with Crippen molar-refractivity contribution in [2.45, 2.75) is 40.2 Å². The van der Waals surface area contributed by atoms with Crippen molar-refractivity contribution in [1.29, 1.82) is 0 Å². The molecule has 2 rings (SSSR count). The first-order valence-electron chi connectivity index (χ1n) is 7.52. The van der Waals surface area contributed by atoms with Gasteiger partial charge in [0, 0.05) is 5.56 Å². The van der Waals surface area contributed by atoms with Crippen LogP contribution in [-0.2, 0) is 4.79 Å². The second-order valence-electron chi connectivity index (χ2n) is 6.30. The summed E-state index contributed by atoms with van der Waals surface area (Å²) in [6.07, 6.45) is 0.582. The molecule has 3 amide bonds. The average molecular weight is 302 g/mol. The molecule has 22 heavy (non-hydrogen) atoms. The van der Waals surface area contributed by atoms with E-state index in [1.54, 1.807) is 6.07 Å². The summed E-state index contributed by atoms with van der Waals surface area (Å²) in [5.41, 5.74) is 2.39. The highest BCUT2D eigenvalue weighted by Gasteiger charge is 2.39. The normalized spacial score (nSPS) is 18.0. The summed E-state index contributed by atoms with van der Waals surface area (Å²) < 4.78 is 0. The standard InChI is InChI=1S/C17H22N2O3/c1-10(2)7-14-16(21)19(17(22)18-14)9-15(20)13-8-11(3)5-6-12(13)4/h5-6,8,10,14H,7,9H2,1-4H3,(H,18,22). The molecule has 1 aliphatic rings. The van der Waals surface area contributed by atoms with Gasteiger partial charge in [-0.15, -0.1) is 0 Å². The zero-order valence-electron chi connectivity index (χ0n) is 13.5. The molecule has 0 bridgehead atoms. The van der Waals surface area contributed by atoms with Crippen LogP contribution in [0.25, 0.3) is 0 Å². The Hall–Kier alpha value is -2.17. The lowest BCUT2D eigenvalue weighted by Gasteiger charge is -2.14. The molecule has 0 aliphatic carbocycles. The van der Waals surface area contributed by atoms with Crippen LogP contribution in [0, 0.1) is 19.8 Å². The number of carbonyl (C=O) groups excluding carboxylic acids is 3. The molecule has 1 aromatic rings. The summed E-state index contributed by atoms with van der Waals surface area (Å²) in [7, 11) is 0. The molecule has 0 aromatic heterocycles. The minimum atomic E-state index is -0.515. The molecule has 1 atom stereocenters. The third-order valence-corrected chi connectivity index (χ3v) is 3.81. The molecule has 1 unspecified atom stereocenters. The first-order chi connectivity index (χ1) is 10.3. The number of aryl methyl sites for hydroxylation is 2. The van der Waals surface area contributed by atoms with Gasteiger partial charge in [0.2, 0.25) is 0 Å². The van der Waals surface area contributed by atoms with Gasteiger partial charge in [-0.2, -0.15) is 0 Å².